The minimum Gasteiger partial charge on any atom is -0.394 e. The van der Waals surface area contributed by atoms with Gasteiger partial charge in [0, 0.05) is 6.42 Å². The van der Waals surface area contributed by atoms with Crippen molar-refractivity contribution < 1.29 is 39.8 Å². The summed E-state index contributed by atoms with van der Waals surface area (Å²) in [6, 6.07) is -0.804. The molecular weight excluding hydrogens is 1080 g/mol. The van der Waals surface area contributed by atoms with Crippen LogP contribution in [0.5, 0.6) is 0 Å². The first kappa shape index (κ1) is 83.4. The number of ether oxygens (including phenoxy) is 2. The summed E-state index contributed by atoms with van der Waals surface area (Å²) in [6.45, 7) is 3.83. The van der Waals surface area contributed by atoms with Crippen LogP contribution in [0.15, 0.2) is 36.5 Å². The van der Waals surface area contributed by atoms with Gasteiger partial charge in [-0.25, -0.2) is 0 Å². The van der Waals surface area contributed by atoms with E-state index >= 15 is 0 Å². The SMILES string of the molecule is CCCCCCC/C=C\C/C=C\CCCCCCCCCCCCCCCCCCCCCCCCCCCCCCCC(=O)NC(COC1OC(CO)C(O)C(O)C1O)C(O)/C=C/CCCCCCCCCCCCCCCCCCCCCCC. The number of amides is 1. The Bertz CT molecular complexity index is 1470. The summed E-state index contributed by atoms with van der Waals surface area (Å²) in [7, 11) is 0. The Balaban J connectivity index is 2.03. The third-order valence-electron chi connectivity index (χ3n) is 18.7. The van der Waals surface area contributed by atoms with Gasteiger partial charge in [-0.15, -0.1) is 0 Å². The Morgan fingerprint density at radius 2 is 0.678 bits per heavy atom. The maximum atomic E-state index is 13.2. The molecule has 1 amide bonds. The largest absolute Gasteiger partial charge is 0.394 e. The molecule has 6 N–H and O–H groups in total. The fourth-order valence-electron chi connectivity index (χ4n) is 12.7. The average molecular weight is 1230 g/mol. The predicted molar refractivity (Wildman–Crippen MR) is 373 cm³/mol. The summed E-state index contributed by atoms with van der Waals surface area (Å²) >= 11 is 0. The molecule has 1 rings (SSSR count). The Kier molecular flexibility index (Phi) is 64.5. The monoisotopic (exact) mass is 1230 g/mol. The molecule has 0 aromatic heterocycles. The maximum absolute atomic E-state index is 13.2. The van der Waals surface area contributed by atoms with E-state index < -0.39 is 49.5 Å². The van der Waals surface area contributed by atoms with Crippen LogP contribution in [0.3, 0.4) is 0 Å². The van der Waals surface area contributed by atoms with Crippen molar-refractivity contribution in [3.63, 3.8) is 0 Å². The number of rotatable bonds is 69. The van der Waals surface area contributed by atoms with Crippen molar-refractivity contribution in [2.24, 2.45) is 0 Å². The van der Waals surface area contributed by atoms with Crippen molar-refractivity contribution in [1.29, 1.82) is 0 Å². The van der Waals surface area contributed by atoms with Crippen molar-refractivity contribution in [1.82, 2.24) is 5.32 Å². The summed E-state index contributed by atoms with van der Waals surface area (Å²) in [5, 5.41) is 54.8. The standard InChI is InChI=1S/C78H149NO8/c1-3-5-7-9-11-13-15-17-19-21-23-25-27-28-29-30-31-32-33-34-35-36-37-38-39-40-41-42-43-44-46-48-50-52-54-56-58-60-62-64-66-68-74(82)79-71(70-86-78-77(85)76(84)75(83)73(69-80)87-78)72(81)67-65-63-61-59-57-55-53-51-49-47-45-26-24-22-20-18-16-14-12-10-8-6-4-2/h15,17,21,23,65,67,71-73,75-78,80-81,83-85H,3-14,16,18-20,22,24-64,66,68-70H2,1-2H3,(H,79,82)/b17-15-,23-21-,67-65+. The van der Waals surface area contributed by atoms with E-state index in [-0.39, 0.29) is 12.5 Å². The van der Waals surface area contributed by atoms with E-state index in [1.54, 1.807) is 6.08 Å². The van der Waals surface area contributed by atoms with E-state index in [0.29, 0.717) is 6.42 Å². The first-order valence-corrected chi connectivity index (χ1v) is 38.7. The Morgan fingerprint density at radius 1 is 0.391 bits per heavy atom. The van der Waals surface area contributed by atoms with E-state index in [2.05, 4.69) is 43.5 Å². The molecule has 0 aromatic carbocycles. The number of unbranched alkanes of at least 4 members (excludes halogenated alkanes) is 55. The highest BCUT2D eigenvalue weighted by Gasteiger charge is 2.44. The first-order valence-electron chi connectivity index (χ1n) is 38.7. The molecule has 0 aromatic rings. The van der Waals surface area contributed by atoms with E-state index in [9.17, 15) is 30.3 Å². The van der Waals surface area contributed by atoms with E-state index in [4.69, 9.17) is 9.47 Å². The minimum atomic E-state index is -1.57. The van der Waals surface area contributed by atoms with Crippen LogP contribution in [0.25, 0.3) is 0 Å². The van der Waals surface area contributed by atoms with Gasteiger partial charge in [0.2, 0.25) is 5.91 Å². The van der Waals surface area contributed by atoms with Crippen molar-refractivity contribution in [2.75, 3.05) is 13.2 Å². The second-order valence-electron chi connectivity index (χ2n) is 27.2. The Hall–Kier alpha value is -1.59. The zero-order chi connectivity index (χ0) is 62.8. The number of carbonyl (C=O) groups is 1. The van der Waals surface area contributed by atoms with Crippen LogP contribution in [0.1, 0.15) is 399 Å². The van der Waals surface area contributed by atoms with Gasteiger partial charge in [0.1, 0.15) is 24.4 Å². The predicted octanol–water partition coefficient (Wildman–Crippen LogP) is 21.8. The number of nitrogens with one attached hydrogen (secondary N) is 1. The lowest BCUT2D eigenvalue weighted by Crippen LogP contribution is -2.60. The lowest BCUT2D eigenvalue weighted by molar-refractivity contribution is -0.302. The smallest absolute Gasteiger partial charge is 0.220 e. The number of hydrogen-bond acceptors (Lipinski definition) is 8. The number of aliphatic hydroxyl groups excluding tert-OH is 5. The van der Waals surface area contributed by atoms with Gasteiger partial charge in [-0.3, -0.25) is 4.79 Å². The van der Waals surface area contributed by atoms with Gasteiger partial charge < -0.3 is 40.3 Å². The highest BCUT2D eigenvalue weighted by atomic mass is 16.7. The van der Waals surface area contributed by atoms with Crippen molar-refractivity contribution >= 4 is 5.91 Å². The van der Waals surface area contributed by atoms with Crippen LogP contribution < -0.4 is 5.32 Å². The van der Waals surface area contributed by atoms with Gasteiger partial charge in [0.05, 0.1) is 25.4 Å². The molecule has 1 heterocycles. The summed E-state index contributed by atoms with van der Waals surface area (Å²) in [5.41, 5.74) is 0. The third-order valence-corrected chi connectivity index (χ3v) is 18.7. The molecule has 9 heteroatoms. The molecule has 0 saturated carbocycles. The van der Waals surface area contributed by atoms with E-state index in [0.717, 1.165) is 44.9 Å². The van der Waals surface area contributed by atoms with Crippen LogP contribution in [0.2, 0.25) is 0 Å². The number of allylic oxidation sites excluding steroid dienone is 5. The maximum Gasteiger partial charge on any atom is 0.220 e. The molecule has 1 saturated heterocycles. The molecule has 0 aliphatic carbocycles. The quantitative estimate of drug-likeness (QED) is 0.0261. The van der Waals surface area contributed by atoms with Gasteiger partial charge >= 0.3 is 0 Å². The molecular formula is C78H149NO8. The molecule has 514 valence electrons. The lowest BCUT2D eigenvalue weighted by atomic mass is 9.99. The zero-order valence-corrected chi connectivity index (χ0v) is 57.8. The zero-order valence-electron chi connectivity index (χ0n) is 57.8. The highest BCUT2D eigenvalue weighted by molar-refractivity contribution is 5.76. The summed E-state index contributed by atoms with van der Waals surface area (Å²) in [5.74, 6) is -0.167. The van der Waals surface area contributed by atoms with Gasteiger partial charge in [-0.2, -0.15) is 0 Å². The lowest BCUT2D eigenvalue weighted by Gasteiger charge is -2.40. The third kappa shape index (κ3) is 55.7. The molecule has 0 radical (unpaired) electrons. The minimum absolute atomic E-state index is 0.167. The van der Waals surface area contributed by atoms with Crippen LogP contribution in [-0.2, 0) is 14.3 Å². The second-order valence-corrected chi connectivity index (χ2v) is 27.2. The second kappa shape index (κ2) is 67.3. The van der Waals surface area contributed by atoms with Gasteiger partial charge in [-0.05, 0) is 51.4 Å². The van der Waals surface area contributed by atoms with Crippen LogP contribution in [-0.4, -0.2) is 87.5 Å². The van der Waals surface area contributed by atoms with Crippen LogP contribution >= 0.6 is 0 Å². The number of aliphatic hydroxyl groups is 5. The fourth-order valence-corrected chi connectivity index (χ4v) is 12.7. The number of hydrogen-bond donors (Lipinski definition) is 6. The van der Waals surface area contributed by atoms with Gasteiger partial charge in [0.25, 0.3) is 0 Å². The summed E-state index contributed by atoms with van der Waals surface area (Å²) in [6.07, 6.45) is 84.3. The highest BCUT2D eigenvalue weighted by Crippen LogP contribution is 2.24. The molecule has 0 spiro atoms. The normalized spacial score (nSPS) is 18.1. The van der Waals surface area contributed by atoms with Crippen molar-refractivity contribution in [3.8, 4) is 0 Å². The molecule has 1 aliphatic rings. The van der Waals surface area contributed by atoms with Crippen molar-refractivity contribution in [3.05, 3.63) is 36.5 Å². The topological polar surface area (TPSA) is 149 Å². The summed E-state index contributed by atoms with van der Waals surface area (Å²) < 4.78 is 11.3. The van der Waals surface area contributed by atoms with Crippen molar-refractivity contribution in [2.45, 2.75) is 442 Å². The Morgan fingerprint density at radius 3 is 0.989 bits per heavy atom. The molecule has 1 aliphatic heterocycles. The number of carbonyl (C=O) groups excluding carboxylic acids is 1. The molecule has 7 unspecified atom stereocenters. The van der Waals surface area contributed by atoms with E-state index in [1.807, 2.05) is 6.08 Å². The van der Waals surface area contributed by atoms with Crippen LogP contribution in [0.4, 0.5) is 0 Å². The van der Waals surface area contributed by atoms with Crippen LogP contribution in [0, 0.1) is 0 Å². The Labute approximate surface area is 540 Å². The summed E-state index contributed by atoms with van der Waals surface area (Å²) in [4.78, 5) is 13.2. The molecule has 87 heavy (non-hydrogen) atoms. The molecule has 7 atom stereocenters. The molecule has 9 nitrogen and oxygen atoms in total. The first-order chi connectivity index (χ1) is 42.8. The van der Waals surface area contributed by atoms with E-state index in [1.165, 1.54) is 334 Å². The van der Waals surface area contributed by atoms with Gasteiger partial charge in [0.15, 0.2) is 6.29 Å². The van der Waals surface area contributed by atoms with Gasteiger partial charge in [-0.1, -0.05) is 378 Å². The molecule has 1 fully saturated rings. The average Bonchev–Trinajstić information content (AvgIpc) is 3.47. The fraction of sp³-hybridized carbons (Fsp3) is 0.910. The molecule has 0 bridgehead atoms.